The number of carbonyl (C=O) groups is 1. The zero-order valence-corrected chi connectivity index (χ0v) is 12.2. The van der Waals surface area contributed by atoms with Gasteiger partial charge in [0.15, 0.2) is 5.78 Å². The molecule has 0 saturated heterocycles. The van der Waals surface area contributed by atoms with Gasteiger partial charge >= 0.3 is 0 Å². The van der Waals surface area contributed by atoms with Gasteiger partial charge < -0.3 is 4.74 Å². The van der Waals surface area contributed by atoms with Gasteiger partial charge in [0.1, 0.15) is 11.6 Å². The molecule has 3 rings (SSSR count). The van der Waals surface area contributed by atoms with Gasteiger partial charge in [0.25, 0.3) is 0 Å². The third-order valence-corrected chi connectivity index (χ3v) is 4.18. The van der Waals surface area contributed by atoms with E-state index < -0.39 is 0 Å². The van der Waals surface area contributed by atoms with Crippen LogP contribution in [0.4, 0.5) is 4.39 Å². The topological polar surface area (TPSA) is 26.3 Å². The van der Waals surface area contributed by atoms with Gasteiger partial charge in [-0.1, -0.05) is 12.1 Å². The molecular formula is C17H15FO2S. The second kappa shape index (κ2) is 6.31. The number of benzene rings is 2. The van der Waals surface area contributed by atoms with Crippen LogP contribution in [0.3, 0.4) is 0 Å². The van der Waals surface area contributed by atoms with Gasteiger partial charge in [0.2, 0.25) is 0 Å². The van der Waals surface area contributed by atoms with Crippen molar-refractivity contribution in [2.45, 2.75) is 23.8 Å². The summed E-state index contributed by atoms with van der Waals surface area (Å²) in [6.07, 6.45) is 2.51. The maximum Gasteiger partial charge on any atom is 0.173 e. The number of halogens is 1. The molecule has 21 heavy (non-hydrogen) atoms. The first-order valence-electron chi connectivity index (χ1n) is 6.89. The summed E-state index contributed by atoms with van der Waals surface area (Å²) in [7, 11) is 0. The Hall–Kier alpha value is -1.81. The average Bonchev–Trinajstić information content (AvgIpc) is 3.30. The van der Waals surface area contributed by atoms with Crippen molar-refractivity contribution in [3.05, 3.63) is 59.9 Å². The average molecular weight is 302 g/mol. The van der Waals surface area contributed by atoms with Crippen LogP contribution in [0.15, 0.2) is 53.4 Å². The van der Waals surface area contributed by atoms with E-state index in [1.54, 1.807) is 24.3 Å². The molecule has 1 saturated carbocycles. The Kier molecular flexibility index (Phi) is 4.25. The minimum absolute atomic E-state index is 0.0468. The van der Waals surface area contributed by atoms with Crippen molar-refractivity contribution >= 4 is 17.5 Å². The third-order valence-electron chi connectivity index (χ3n) is 3.17. The van der Waals surface area contributed by atoms with Crippen LogP contribution in [-0.4, -0.2) is 17.6 Å². The predicted molar refractivity (Wildman–Crippen MR) is 81.5 cm³/mol. The summed E-state index contributed by atoms with van der Waals surface area (Å²) in [4.78, 5) is 13.1. The first-order valence-corrected chi connectivity index (χ1v) is 7.87. The number of ketones is 1. The number of hydrogen-bond donors (Lipinski definition) is 0. The number of hydrogen-bond acceptors (Lipinski definition) is 3. The van der Waals surface area contributed by atoms with Crippen LogP contribution in [0, 0.1) is 5.82 Å². The first kappa shape index (κ1) is 14.1. The van der Waals surface area contributed by atoms with E-state index in [0.717, 1.165) is 23.5 Å². The summed E-state index contributed by atoms with van der Waals surface area (Å²) in [5.41, 5.74) is 0.655. The van der Waals surface area contributed by atoms with E-state index in [0.29, 0.717) is 17.4 Å². The predicted octanol–water partition coefficient (Wildman–Crippen LogP) is 4.34. The molecule has 2 nitrogen and oxygen atoms in total. The van der Waals surface area contributed by atoms with E-state index in [1.165, 1.54) is 23.9 Å². The summed E-state index contributed by atoms with van der Waals surface area (Å²) in [5, 5.41) is 0. The van der Waals surface area contributed by atoms with E-state index >= 15 is 0 Å². The smallest absolute Gasteiger partial charge is 0.173 e. The van der Waals surface area contributed by atoms with Crippen molar-refractivity contribution in [2.24, 2.45) is 0 Å². The molecule has 108 valence electrons. The Morgan fingerprint density at radius 2 is 1.95 bits per heavy atom. The van der Waals surface area contributed by atoms with Crippen molar-refractivity contribution in [1.82, 2.24) is 0 Å². The first-order chi connectivity index (χ1) is 10.2. The number of rotatable bonds is 6. The molecule has 1 fully saturated rings. The Balaban J connectivity index is 1.60. The SMILES string of the molecule is O=C(CSc1ccc(F)cc1)c1cccc(OC2CC2)c1. The van der Waals surface area contributed by atoms with E-state index in [2.05, 4.69) is 0 Å². The molecule has 0 radical (unpaired) electrons. The number of thioether (sulfide) groups is 1. The second-order valence-corrected chi connectivity index (χ2v) is 6.06. The van der Waals surface area contributed by atoms with Crippen LogP contribution < -0.4 is 4.74 Å². The van der Waals surface area contributed by atoms with E-state index in [4.69, 9.17) is 4.74 Å². The minimum Gasteiger partial charge on any atom is -0.490 e. The summed E-state index contributed by atoms with van der Waals surface area (Å²) >= 11 is 1.41. The van der Waals surface area contributed by atoms with Gasteiger partial charge in [-0.15, -0.1) is 11.8 Å². The molecule has 4 heteroatoms. The van der Waals surface area contributed by atoms with Crippen LogP contribution >= 0.6 is 11.8 Å². The largest absolute Gasteiger partial charge is 0.490 e. The normalized spacial score (nSPS) is 14.0. The molecule has 0 aromatic heterocycles. The van der Waals surface area contributed by atoms with Crippen LogP contribution in [0.1, 0.15) is 23.2 Å². The summed E-state index contributed by atoms with van der Waals surface area (Å²) in [5.74, 6) is 0.870. The third kappa shape index (κ3) is 4.08. The van der Waals surface area contributed by atoms with Gasteiger partial charge in [-0.3, -0.25) is 4.79 Å². The second-order valence-electron chi connectivity index (χ2n) is 5.01. The standard InChI is InChI=1S/C17H15FO2S/c18-13-4-8-16(9-5-13)21-11-17(19)12-2-1-3-15(10-12)20-14-6-7-14/h1-5,8-10,14H,6-7,11H2. The number of ether oxygens (including phenoxy) is 1. The van der Waals surface area contributed by atoms with E-state index in [1.807, 2.05) is 12.1 Å². The Morgan fingerprint density at radius 1 is 1.19 bits per heavy atom. The van der Waals surface area contributed by atoms with Crippen LogP contribution in [0.25, 0.3) is 0 Å². The molecule has 0 atom stereocenters. The lowest BCUT2D eigenvalue weighted by atomic mass is 10.1. The van der Waals surface area contributed by atoms with Gasteiger partial charge in [-0.25, -0.2) is 4.39 Å². The maximum atomic E-state index is 12.8. The molecule has 1 aliphatic rings. The molecule has 0 aliphatic heterocycles. The highest BCUT2D eigenvalue weighted by Crippen LogP contribution is 2.27. The van der Waals surface area contributed by atoms with Crippen molar-refractivity contribution in [1.29, 1.82) is 0 Å². The zero-order chi connectivity index (χ0) is 14.7. The fraction of sp³-hybridized carbons (Fsp3) is 0.235. The molecular weight excluding hydrogens is 287 g/mol. The van der Waals surface area contributed by atoms with Gasteiger partial charge in [0, 0.05) is 10.5 Å². The van der Waals surface area contributed by atoms with E-state index in [-0.39, 0.29) is 11.6 Å². The molecule has 2 aromatic carbocycles. The molecule has 0 unspecified atom stereocenters. The van der Waals surface area contributed by atoms with Crippen LogP contribution in [-0.2, 0) is 0 Å². The van der Waals surface area contributed by atoms with Gasteiger partial charge in [-0.05, 0) is 49.2 Å². The Bertz CT molecular complexity index is 635. The molecule has 0 amide bonds. The zero-order valence-electron chi connectivity index (χ0n) is 11.4. The molecule has 0 heterocycles. The van der Waals surface area contributed by atoms with Crippen LogP contribution in [0.2, 0.25) is 0 Å². The van der Waals surface area contributed by atoms with Crippen molar-refractivity contribution in [3.8, 4) is 5.75 Å². The summed E-state index contributed by atoms with van der Waals surface area (Å²) < 4.78 is 18.5. The fourth-order valence-electron chi connectivity index (χ4n) is 1.88. The monoisotopic (exact) mass is 302 g/mol. The highest BCUT2D eigenvalue weighted by Gasteiger charge is 2.23. The summed E-state index contributed by atoms with van der Waals surface area (Å²) in [6, 6.07) is 13.5. The maximum absolute atomic E-state index is 12.8. The molecule has 1 aliphatic carbocycles. The summed E-state index contributed by atoms with van der Waals surface area (Å²) in [6.45, 7) is 0. The number of carbonyl (C=O) groups excluding carboxylic acids is 1. The van der Waals surface area contributed by atoms with Crippen molar-refractivity contribution in [2.75, 3.05) is 5.75 Å². The van der Waals surface area contributed by atoms with Crippen molar-refractivity contribution < 1.29 is 13.9 Å². The Morgan fingerprint density at radius 3 is 2.67 bits per heavy atom. The quantitative estimate of drug-likeness (QED) is 0.586. The lowest BCUT2D eigenvalue weighted by molar-refractivity contribution is 0.102. The van der Waals surface area contributed by atoms with E-state index in [9.17, 15) is 9.18 Å². The lowest BCUT2D eigenvalue weighted by Gasteiger charge is -2.06. The van der Waals surface area contributed by atoms with Crippen molar-refractivity contribution in [3.63, 3.8) is 0 Å². The number of Topliss-reactive ketones (excluding diaryl/α,β-unsaturated/α-hetero) is 1. The highest BCUT2D eigenvalue weighted by atomic mass is 32.2. The van der Waals surface area contributed by atoms with Gasteiger partial charge in [-0.2, -0.15) is 0 Å². The Labute approximate surface area is 127 Å². The molecule has 0 spiro atoms. The minimum atomic E-state index is -0.268. The fourth-order valence-corrected chi connectivity index (χ4v) is 2.68. The highest BCUT2D eigenvalue weighted by molar-refractivity contribution is 8.00. The molecule has 0 bridgehead atoms. The molecule has 2 aromatic rings. The molecule has 0 N–H and O–H groups in total. The lowest BCUT2D eigenvalue weighted by Crippen LogP contribution is -2.03. The van der Waals surface area contributed by atoms with Gasteiger partial charge in [0.05, 0.1) is 11.9 Å². The van der Waals surface area contributed by atoms with Crippen LogP contribution in [0.5, 0.6) is 5.75 Å².